The van der Waals surface area contributed by atoms with Gasteiger partial charge in [-0.05, 0) is 17.7 Å². The Hall–Kier alpha value is -3.74. The van der Waals surface area contributed by atoms with Gasteiger partial charge in [0.05, 0.1) is 11.1 Å². The van der Waals surface area contributed by atoms with Crippen molar-refractivity contribution in [2.45, 2.75) is 25.0 Å². The van der Waals surface area contributed by atoms with Gasteiger partial charge in [-0.1, -0.05) is 5.21 Å². The van der Waals surface area contributed by atoms with Crippen molar-refractivity contribution < 1.29 is 28.8 Å². The molecule has 2 unspecified atom stereocenters. The maximum atomic E-state index is 12.9. The molecule has 166 valence electrons. The number of hydrogen-bond donors (Lipinski definition) is 0. The van der Waals surface area contributed by atoms with Gasteiger partial charge in [-0.15, -0.1) is 16.9 Å². The first-order valence-electron chi connectivity index (χ1n) is 9.39. The number of nitrogens with zero attached hydrogens (tertiary/aromatic N) is 5. The van der Waals surface area contributed by atoms with Crippen LogP contribution >= 0.6 is 11.8 Å². The summed E-state index contributed by atoms with van der Waals surface area (Å²) in [6.45, 7) is 1.13. The number of ether oxygens (including phenoxy) is 2. The maximum Gasteiger partial charge on any atom is 0.355 e. The van der Waals surface area contributed by atoms with E-state index in [4.69, 9.17) is 9.47 Å². The van der Waals surface area contributed by atoms with Gasteiger partial charge in [0, 0.05) is 31.5 Å². The number of fused-ring (bicyclic) bond motifs is 1. The molecule has 0 radical (unpaired) electrons. The van der Waals surface area contributed by atoms with Gasteiger partial charge in [0.15, 0.2) is 6.10 Å². The predicted octanol–water partition coefficient (Wildman–Crippen LogP) is 1.44. The second kappa shape index (κ2) is 8.42. The molecule has 2 aliphatic rings. The molecule has 32 heavy (non-hydrogen) atoms. The van der Waals surface area contributed by atoms with Crippen LogP contribution in [0.2, 0.25) is 0 Å². The molecule has 1 fully saturated rings. The largest absolute Gasteiger partial charge is 0.456 e. The first kappa shape index (κ1) is 21.5. The van der Waals surface area contributed by atoms with Crippen molar-refractivity contribution in [1.82, 2.24) is 19.9 Å². The fourth-order valence-corrected chi connectivity index (χ4v) is 4.68. The Balaban J connectivity index is 1.41. The summed E-state index contributed by atoms with van der Waals surface area (Å²) in [6.07, 6.45) is 0.641. The summed E-state index contributed by atoms with van der Waals surface area (Å²) in [6, 6.07) is 5.60. The van der Waals surface area contributed by atoms with Gasteiger partial charge < -0.3 is 9.47 Å². The standard InChI is InChI=1S/C19H17N5O7S/c1-10(25)31-16(13-7-22(2)21-20-13)15-17(26)23-14(9-32-18(15)23)19(27)30-8-11-3-5-12(6-4-11)24(28)29/h3-7,9,15-16,18H,8H2,1-2H3/t15?,16?,18-/m1/s1. The Labute approximate surface area is 185 Å². The topological polar surface area (TPSA) is 147 Å². The highest BCUT2D eigenvalue weighted by molar-refractivity contribution is 8.03. The van der Waals surface area contributed by atoms with Crippen molar-refractivity contribution in [2.24, 2.45) is 13.0 Å². The number of hydrogen-bond acceptors (Lipinski definition) is 10. The molecule has 1 saturated heterocycles. The second-order valence-corrected chi connectivity index (χ2v) is 8.10. The van der Waals surface area contributed by atoms with E-state index >= 15 is 0 Å². The van der Waals surface area contributed by atoms with Crippen LogP contribution in [0.15, 0.2) is 41.6 Å². The quantitative estimate of drug-likeness (QED) is 0.258. The number of esters is 2. The lowest BCUT2D eigenvalue weighted by atomic mass is 9.89. The van der Waals surface area contributed by atoms with E-state index in [0.717, 1.165) is 0 Å². The minimum Gasteiger partial charge on any atom is -0.456 e. The molecule has 3 heterocycles. The predicted molar refractivity (Wildman–Crippen MR) is 108 cm³/mol. The number of aryl methyl sites for hydroxylation is 1. The zero-order valence-electron chi connectivity index (χ0n) is 16.9. The number of β-lactam (4-membered cyclic amide) rings is 1. The van der Waals surface area contributed by atoms with Crippen LogP contribution in [-0.4, -0.2) is 48.0 Å². The third-order valence-electron chi connectivity index (χ3n) is 4.92. The van der Waals surface area contributed by atoms with Gasteiger partial charge >= 0.3 is 11.9 Å². The monoisotopic (exact) mass is 459 g/mol. The first-order chi connectivity index (χ1) is 15.3. The lowest BCUT2D eigenvalue weighted by Gasteiger charge is -2.44. The van der Waals surface area contributed by atoms with Crippen LogP contribution in [0.25, 0.3) is 0 Å². The number of nitro benzene ring substituents is 1. The third-order valence-corrected chi connectivity index (χ3v) is 6.06. The van der Waals surface area contributed by atoms with E-state index in [1.54, 1.807) is 13.2 Å². The summed E-state index contributed by atoms with van der Waals surface area (Å²) in [7, 11) is 1.65. The number of thioether (sulfide) groups is 1. The van der Waals surface area contributed by atoms with Crippen LogP contribution in [0, 0.1) is 16.0 Å². The smallest absolute Gasteiger partial charge is 0.355 e. The molecule has 3 atom stereocenters. The molecule has 13 heteroatoms. The molecular weight excluding hydrogens is 442 g/mol. The third kappa shape index (κ3) is 3.93. The van der Waals surface area contributed by atoms with Crippen LogP contribution < -0.4 is 0 Å². The summed E-state index contributed by atoms with van der Waals surface area (Å²) in [4.78, 5) is 48.5. The van der Waals surface area contributed by atoms with E-state index in [1.165, 1.54) is 57.9 Å². The van der Waals surface area contributed by atoms with E-state index in [-0.39, 0.29) is 18.0 Å². The summed E-state index contributed by atoms with van der Waals surface area (Å²) < 4.78 is 12.1. The van der Waals surface area contributed by atoms with Gasteiger partial charge in [-0.2, -0.15) is 0 Å². The Morgan fingerprint density at radius 1 is 1.31 bits per heavy atom. The maximum absolute atomic E-state index is 12.9. The molecule has 12 nitrogen and oxygen atoms in total. The lowest BCUT2D eigenvalue weighted by molar-refractivity contribution is -0.384. The zero-order chi connectivity index (χ0) is 23.0. The van der Waals surface area contributed by atoms with Crippen LogP contribution in [-0.2, 0) is 37.5 Å². The van der Waals surface area contributed by atoms with E-state index in [1.807, 2.05) is 0 Å². The van der Waals surface area contributed by atoms with Crippen molar-refractivity contribution in [1.29, 1.82) is 0 Å². The number of non-ortho nitro benzene ring substituents is 1. The highest BCUT2D eigenvalue weighted by Gasteiger charge is 2.58. The second-order valence-electron chi connectivity index (χ2n) is 7.11. The molecule has 2 aromatic rings. The number of benzene rings is 1. The Kier molecular flexibility index (Phi) is 5.65. The Morgan fingerprint density at radius 3 is 2.62 bits per heavy atom. The normalized spacial score (nSPS) is 20.1. The van der Waals surface area contributed by atoms with Crippen LogP contribution in [0.1, 0.15) is 24.3 Å². The number of carbonyl (C=O) groups is 3. The average Bonchev–Trinajstić information content (AvgIpc) is 3.35. The van der Waals surface area contributed by atoms with Crippen molar-refractivity contribution in [3.63, 3.8) is 0 Å². The van der Waals surface area contributed by atoms with Crippen LogP contribution in [0.5, 0.6) is 0 Å². The molecule has 1 aromatic carbocycles. The number of rotatable bonds is 7. The lowest BCUT2D eigenvalue weighted by Crippen LogP contribution is -2.59. The highest BCUT2D eigenvalue weighted by atomic mass is 32.2. The average molecular weight is 459 g/mol. The minimum absolute atomic E-state index is 0.0690. The van der Waals surface area contributed by atoms with Crippen LogP contribution in [0.3, 0.4) is 0 Å². The summed E-state index contributed by atoms with van der Waals surface area (Å²) in [5.74, 6) is -2.38. The molecule has 4 rings (SSSR count). The number of aromatic nitrogens is 3. The number of nitro groups is 1. The fourth-order valence-electron chi connectivity index (χ4n) is 3.43. The first-order valence-corrected chi connectivity index (χ1v) is 10.3. The van der Waals surface area contributed by atoms with Gasteiger partial charge in [-0.3, -0.25) is 29.3 Å². The SMILES string of the molecule is CC(=O)OC(c1cn(C)nn1)C1C(=O)N2C(C(=O)OCc3ccc([N+](=O)[O-])cc3)=CS[C@H]12. The minimum atomic E-state index is -0.925. The summed E-state index contributed by atoms with van der Waals surface area (Å²) in [5.41, 5.74) is 0.928. The van der Waals surface area contributed by atoms with E-state index in [0.29, 0.717) is 11.3 Å². The van der Waals surface area contributed by atoms with Crippen molar-refractivity contribution in [3.05, 3.63) is 62.9 Å². The van der Waals surface area contributed by atoms with Gasteiger partial charge in [0.1, 0.15) is 29.3 Å². The van der Waals surface area contributed by atoms with Gasteiger partial charge in [-0.25, -0.2) is 4.79 Å². The number of amides is 1. The van der Waals surface area contributed by atoms with Gasteiger partial charge in [0.25, 0.3) is 5.69 Å². The molecule has 1 amide bonds. The van der Waals surface area contributed by atoms with E-state index in [2.05, 4.69) is 10.3 Å². The Morgan fingerprint density at radius 2 is 2.03 bits per heavy atom. The molecule has 0 bridgehead atoms. The zero-order valence-corrected chi connectivity index (χ0v) is 17.7. The van der Waals surface area contributed by atoms with Crippen molar-refractivity contribution >= 4 is 35.3 Å². The number of carbonyl (C=O) groups excluding carboxylic acids is 3. The summed E-state index contributed by atoms with van der Waals surface area (Å²) >= 11 is 1.25. The molecule has 0 aliphatic carbocycles. The molecule has 0 spiro atoms. The molecule has 0 N–H and O–H groups in total. The highest BCUT2D eigenvalue weighted by Crippen LogP contribution is 2.50. The molecule has 0 saturated carbocycles. The van der Waals surface area contributed by atoms with Crippen molar-refractivity contribution in [3.8, 4) is 0 Å². The van der Waals surface area contributed by atoms with Crippen molar-refractivity contribution in [2.75, 3.05) is 0 Å². The van der Waals surface area contributed by atoms with Crippen LogP contribution in [0.4, 0.5) is 5.69 Å². The molecule has 2 aliphatic heterocycles. The summed E-state index contributed by atoms with van der Waals surface area (Å²) in [5, 5.41) is 19.6. The molecule has 1 aromatic heterocycles. The fraction of sp³-hybridized carbons (Fsp3) is 0.316. The molecular formula is C19H17N5O7S. The van der Waals surface area contributed by atoms with Gasteiger partial charge in [0.2, 0.25) is 5.91 Å². The van der Waals surface area contributed by atoms with E-state index < -0.39 is 40.2 Å². The Bertz CT molecular complexity index is 1130. The van der Waals surface area contributed by atoms with E-state index in [9.17, 15) is 24.5 Å².